The van der Waals surface area contributed by atoms with Crippen LogP contribution < -0.4 is 4.90 Å². The summed E-state index contributed by atoms with van der Waals surface area (Å²) < 4.78 is 7.38. The van der Waals surface area contributed by atoms with Crippen molar-refractivity contribution in [2.24, 2.45) is 0 Å². The highest BCUT2D eigenvalue weighted by Crippen LogP contribution is 2.26. The number of amides is 1. The zero-order chi connectivity index (χ0) is 19.7. The number of rotatable bonds is 2. The van der Waals surface area contributed by atoms with E-state index in [0.717, 1.165) is 35.4 Å². The number of hydrogen-bond donors (Lipinski definition) is 0. The van der Waals surface area contributed by atoms with E-state index < -0.39 is 5.60 Å². The van der Waals surface area contributed by atoms with Crippen LogP contribution in [-0.4, -0.2) is 57.4 Å². The SMILES string of the molecule is CC(C)(C)OC(=O)N1CCN(c2cnn3cc(-c4cccnc4)ccc23)CC1. The molecular weight excluding hydrogens is 354 g/mol. The number of nitrogens with zero attached hydrogens (tertiary/aromatic N) is 5. The fraction of sp³-hybridized carbons (Fsp3) is 0.381. The van der Waals surface area contributed by atoms with Gasteiger partial charge in [0.1, 0.15) is 5.60 Å². The van der Waals surface area contributed by atoms with E-state index in [2.05, 4.69) is 27.1 Å². The molecule has 0 N–H and O–H groups in total. The van der Waals surface area contributed by atoms with Crippen LogP contribution in [0.2, 0.25) is 0 Å². The quantitative estimate of drug-likeness (QED) is 0.682. The molecule has 1 saturated heterocycles. The minimum absolute atomic E-state index is 0.242. The van der Waals surface area contributed by atoms with E-state index in [4.69, 9.17) is 4.74 Å². The van der Waals surface area contributed by atoms with E-state index in [9.17, 15) is 4.79 Å². The van der Waals surface area contributed by atoms with Crippen molar-refractivity contribution in [3.8, 4) is 11.1 Å². The Kier molecular flexibility index (Phi) is 4.66. The van der Waals surface area contributed by atoms with Crippen molar-refractivity contribution in [2.45, 2.75) is 26.4 Å². The molecule has 7 heteroatoms. The van der Waals surface area contributed by atoms with E-state index >= 15 is 0 Å². The van der Waals surface area contributed by atoms with Crippen LogP contribution in [0.25, 0.3) is 16.6 Å². The summed E-state index contributed by atoms with van der Waals surface area (Å²) in [7, 11) is 0. The Balaban J connectivity index is 1.48. The Morgan fingerprint density at radius 3 is 2.50 bits per heavy atom. The Hall–Kier alpha value is -3.09. The third-order valence-electron chi connectivity index (χ3n) is 4.76. The van der Waals surface area contributed by atoms with Gasteiger partial charge in [0.05, 0.1) is 17.4 Å². The highest BCUT2D eigenvalue weighted by Gasteiger charge is 2.26. The molecule has 7 nitrogen and oxygen atoms in total. The molecule has 0 aliphatic carbocycles. The van der Waals surface area contributed by atoms with Crippen molar-refractivity contribution in [1.82, 2.24) is 19.5 Å². The van der Waals surface area contributed by atoms with Gasteiger partial charge in [0, 0.05) is 55.9 Å². The molecule has 0 spiro atoms. The van der Waals surface area contributed by atoms with E-state index in [0.29, 0.717) is 13.1 Å². The van der Waals surface area contributed by atoms with Gasteiger partial charge in [-0.05, 0) is 32.9 Å². The second-order valence-electron chi connectivity index (χ2n) is 7.97. The molecule has 4 rings (SSSR count). The van der Waals surface area contributed by atoms with E-state index in [-0.39, 0.29) is 6.09 Å². The molecule has 1 aliphatic rings. The van der Waals surface area contributed by atoms with Gasteiger partial charge in [0.2, 0.25) is 0 Å². The Bertz CT molecular complexity index is 969. The third-order valence-corrected chi connectivity index (χ3v) is 4.76. The largest absolute Gasteiger partial charge is 0.444 e. The van der Waals surface area contributed by atoms with Gasteiger partial charge in [-0.3, -0.25) is 4.98 Å². The second-order valence-corrected chi connectivity index (χ2v) is 7.97. The normalized spacial score (nSPS) is 15.1. The molecule has 1 fully saturated rings. The Morgan fingerprint density at radius 2 is 1.82 bits per heavy atom. The minimum Gasteiger partial charge on any atom is -0.444 e. The number of ether oxygens (including phenoxy) is 1. The molecule has 0 atom stereocenters. The predicted molar refractivity (Wildman–Crippen MR) is 108 cm³/mol. The number of anilines is 1. The fourth-order valence-corrected chi connectivity index (χ4v) is 3.38. The molecule has 1 amide bonds. The lowest BCUT2D eigenvalue weighted by atomic mass is 10.1. The molecule has 3 aromatic heterocycles. The zero-order valence-corrected chi connectivity index (χ0v) is 16.5. The minimum atomic E-state index is -0.470. The summed E-state index contributed by atoms with van der Waals surface area (Å²) in [5, 5.41) is 4.53. The van der Waals surface area contributed by atoms with Gasteiger partial charge in [-0.25, -0.2) is 9.31 Å². The monoisotopic (exact) mass is 379 g/mol. The molecule has 0 saturated carbocycles. The molecule has 0 bridgehead atoms. The van der Waals surface area contributed by atoms with Gasteiger partial charge >= 0.3 is 6.09 Å². The summed E-state index contributed by atoms with van der Waals surface area (Å²) >= 11 is 0. The first kappa shape index (κ1) is 18.3. The molecule has 28 heavy (non-hydrogen) atoms. The van der Waals surface area contributed by atoms with Crippen molar-refractivity contribution in [3.05, 3.63) is 49.1 Å². The highest BCUT2D eigenvalue weighted by atomic mass is 16.6. The Morgan fingerprint density at radius 1 is 1.04 bits per heavy atom. The molecule has 3 aromatic rings. The third kappa shape index (κ3) is 3.78. The lowest BCUT2D eigenvalue weighted by molar-refractivity contribution is 0.0241. The number of hydrogen-bond acceptors (Lipinski definition) is 5. The number of piperazine rings is 1. The zero-order valence-electron chi connectivity index (χ0n) is 16.5. The highest BCUT2D eigenvalue weighted by molar-refractivity contribution is 5.76. The summed E-state index contributed by atoms with van der Waals surface area (Å²) in [6.07, 6.45) is 7.29. The van der Waals surface area contributed by atoms with Crippen molar-refractivity contribution < 1.29 is 9.53 Å². The topological polar surface area (TPSA) is 63.0 Å². The summed E-state index contributed by atoms with van der Waals surface area (Å²) in [6.45, 7) is 8.45. The first-order valence-corrected chi connectivity index (χ1v) is 9.51. The standard InChI is InChI=1S/C21H25N5O2/c1-21(2,3)28-20(27)25-11-9-24(10-12-25)19-14-23-26-15-17(6-7-18(19)26)16-5-4-8-22-13-16/h4-8,13-15H,9-12H2,1-3H3. The van der Waals surface area contributed by atoms with Crippen molar-refractivity contribution in [1.29, 1.82) is 0 Å². The van der Waals surface area contributed by atoms with Crippen molar-refractivity contribution in [2.75, 3.05) is 31.1 Å². The lowest BCUT2D eigenvalue weighted by Gasteiger charge is -2.36. The lowest BCUT2D eigenvalue weighted by Crippen LogP contribution is -2.50. The van der Waals surface area contributed by atoms with Crippen molar-refractivity contribution >= 4 is 17.3 Å². The smallest absolute Gasteiger partial charge is 0.410 e. The number of carbonyl (C=O) groups is 1. The summed E-state index contributed by atoms with van der Waals surface area (Å²) in [6, 6.07) is 8.14. The average Bonchev–Trinajstić information content (AvgIpc) is 3.11. The molecule has 0 unspecified atom stereocenters. The van der Waals surface area contributed by atoms with Crippen LogP contribution in [0, 0.1) is 0 Å². The molecule has 1 aliphatic heterocycles. The molecule has 146 valence electrons. The second kappa shape index (κ2) is 7.14. The maximum absolute atomic E-state index is 12.3. The number of pyridine rings is 2. The van der Waals surface area contributed by atoms with Crippen LogP contribution in [0.3, 0.4) is 0 Å². The molecule has 4 heterocycles. The van der Waals surface area contributed by atoms with Gasteiger partial charge in [-0.2, -0.15) is 5.10 Å². The molecule has 0 aromatic carbocycles. The number of aromatic nitrogens is 3. The number of fused-ring (bicyclic) bond motifs is 1. The summed E-state index contributed by atoms with van der Waals surface area (Å²) in [5.74, 6) is 0. The van der Waals surface area contributed by atoms with Gasteiger partial charge in [0.25, 0.3) is 0 Å². The van der Waals surface area contributed by atoms with Gasteiger partial charge in [-0.1, -0.05) is 12.1 Å². The van der Waals surface area contributed by atoms with E-state index in [1.165, 1.54) is 0 Å². The van der Waals surface area contributed by atoms with Gasteiger partial charge in [0.15, 0.2) is 0 Å². The maximum atomic E-state index is 12.3. The van der Waals surface area contributed by atoms with Crippen LogP contribution in [0.15, 0.2) is 49.1 Å². The fourth-order valence-electron chi connectivity index (χ4n) is 3.38. The Labute approximate surface area is 164 Å². The van der Waals surface area contributed by atoms with E-state index in [1.54, 1.807) is 11.1 Å². The maximum Gasteiger partial charge on any atom is 0.410 e. The van der Waals surface area contributed by atoms with Crippen LogP contribution in [0.4, 0.5) is 10.5 Å². The molecular formula is C21H25N5O2. The summed E-state index contributed by atoms with van der Waals surface area (Å²) in [4.78, 5) is 20.5. The number of carbonyl (C=O) groups excluding carboxylic acids is 1. The first-order valence-electron chi connectivity index (χ1n) is 9.51. The predicted octanol–water partition coefficient (Wildman–Crippen LogP) is 3.45. The summed E-state index contributed by atoms with van der Waals surface area (Å²) in [5.41, 5.74) is 3.81. The van der Waals surface area contributed by atoms with Crippen molar-refractivity contribution in [3.63, 3.8) is 0 Å². The van der Waals surface area contributed by atoms with Crippen LogP contribution in [-0.2, 0) is 4.74 Å². The molecule has 0 radical (unpaired) electrons. The van der Waals surface area contributed by atoms with Crippen LogP contribution in [0.1, 0.15) is 20.8 Å². The first-order chi connectivity index (χ1) is 13.4. The van der Waals surface area contributed by atoms with Gasteiger partial charge in [-0.15, -0.1) is 0 Å². The van der Waals surface area contributed by atoms with Crippen LogP contribution >= 0.6 is 0 Å². The van der Waals surface area contributed by atoms with Crippen LogP contribution in [0.5, 0.6) is 0 Å². The van der Waals surface area contributed by atoms with E-state index in [1.807, 2.05) is 56.0 Å². The average molecular weight is 379 g/mol. The van der Waals surface area contributed by atoms with Gasteiger partial charge < -0.3 is 14.5 Å².